The standard InChI is InChI=1S/C14H14F2N4O/c1-2-20(11-6-4-3-5-10(11)15)14(21)9-7-8-18-13(19-17)12(9)16/h3-8H,2,17H2,1H3,(H,18,19). The number of hydrogen-bond acceptors (Lipinski definition) is 4. The zero-order valence-electron chi connectivity index (χ0n) is 11.3. The summed E-state index contributed by atoms with van der Waals surface area (Å²) in [5.74, 6) is 2.78. The first-order valence-electron chi connectivity index (χ1n) is 6.27. The molecule has 21 heavy (non-hydrogen) atoms. The van der Waals surface area contributed by atoms with Gasteiger partial charge in [-0.05, 0) is 25.1 Å². The molecule has 0 saturated carbocycles. The molecule has 0 aliphatic heterocycles. The van der Waals surface area contributed by atoms with Crippen molar-refractivity contribution in [1.82, 2.24) is 4.98 Å². The Morgan fingerprint density at radius 1 is 1.33 bits per heavy atom. The van der Waals surface area contributed by atoms with Crippen molar-refractivity contribution >= 4 is 17.4 Å². The Kier molecular flexibility index (Phi) is 4.44. The number of benzene rings is 1. The molecule has 0 unspecified atom stereocenters. The minimum absolute atomic E-state index is 0.0865. The number of halogens is 2. The van der Waals surface area contributed by atoms with Crippen molar-refractivity contribution in [3.63, 3.8) is 0 Å². The molecule has 0 aliphatic carbocycles. The van der Waals surface area contributed by atoms with E-state index >= 15 is 0 Å². The van der Waals surface area contributed by atoms with Gasteiger partial charge < -0.3 is 10.3 Å². The molecule has 3 N–H and O–H groups in total. The van der Waals surface area contributed by atoms with Crippen LogP contribution in [0, 0.1) is 11.6 Å². The summed E-state index contributed by atoms with van der Waals surface area (Å²) >= 11 is 0. The number of carbonyl (C=O) groups is 1. The fourth-order valence-corrected chi connectivity index (χ4v) is 1.95. The average Bonchev–Trinajstić information content (AvgIpc) is 2.50. The topological polar surface area (TPSA) is 71.2 Å². The van der Waals surface area contributed by atoms with Gasteiger partial charge in [-0.2, -0.15) is 0 Å². The van der Waals surface area contributed by atoms with Crippen LogP contribution in [-0.4, -0.2) is 17.4 Å². The number of nitrogens with one attached hydrogen (secondary N) is 1. The number of carbonyl (C=O) groups excluding carboxylic acids is 1. The lowest BCUT2D eigenvalue weighted by atomic mass is 10.2. The minimum atomic E-state index is -0.875. The van der Waals surface area contributed by atoms with Gasteiger partial charge in [-0.15, -0.1) is 0 Å². The number of anilines is 2. The first kappa shape index (κ1) is 14.9. The van der Waals surface area contributed by atoms with Gasteiger partial charge in [-0.3, -0.25) is 4.79 Å². The Labute approximate surface area is 120 Å². The van der Waals surface area contributed by atoms with Crippen molar-refractivity contribution < 1.29 is 13.6 Å². The normalized spacial score (nSPS) is 10.3. The van der Waals surface area contributed by atoms with E-state index in [0.29, 0.717) is 0 Å². The van der Waals surface area contributed by atoms with Gasteiger partial charge in [0, 0.05) is 12.7 Å². The maximum Gasteiger partial charge on any atom is 0.261 e. The fourth-order valence-electron chi connectivity index (χ4n) is 1.95. The van der Waals surface area contributed by atoms with Crippen molar-refractivity contribution in [2.24, 2.45) is 5.84 Å². The lowest BCUT2D eigenvalue weighted by Gasteiger charge is -2.22. The minimum Gasteiger partial charge on any atom is -0.306 e. The van der Waals surface area contributed by atoms with Gasteiger partial charge in [0.1, 0.15) is 5.82 Å². The van der Waals surface area contributed by atoms with Crippen LogP contribution >= 0.6 is 0 Å². The van der Waals surface area contributed by atoms with E-state index in [1.54, 1.807) is 13.0 Å². The fraction of sp³-hybridized carbons (Fsp3) is 0.143. The van der Waals surface area contributed by atoms with E-state index in [2.05, 4.69) is 10.4 Å². The molecule has 0 saturated heterocycles. The molecule has 1 aromatic carbocycles. The number of hydrogen-bond donors (Lipinski definition) is 2. The van der Waals surface area contributed by atoms with Gasteiger partial charge in [-0.25, -0.2) is 19.6 Å². The van der Waals surface area contributed by atoms with E-state index < -0.39 is 17.5 Å². The summed E-state index contributed by atoms with van der Waals surface area (Å²) in [7, 11) is 0. The molecule has 5 nitrogen and oxygen atoms in total. The zero-order valence-corrected chi connectivity index (χ0v) is 11.3. The summed E-state index contributed by atoms with van der Waals surface area (Å²) in [6.07, 6.45) is 1.25. The van der Waals surface area contributed by atoms with Crippen LogP contribution in [0.5, 0.6) is 0 Å². The van der Waals surface area contributed by atoms with Crippen LogP contribution in [0.4, 0.5) is 20.3 Å². The average molecular weight is 292 g/mol. The van der Waals surface area contributed by atoms with E-state index in [9.17, 15) is 13.6 Å². The summed E-state index contributed by atoms with van der Waals surface area (Å²) in [6.45, 7) is 1.86. The smallest absolute Gasteiger partial charge is 0.261 e. The Morgan fingerprint density at radius 2 is 2.05 bits per heavy atom. The van der Waals surface area contributed by atoms with Crippen LogP contribution in [-0.2, 0) is 0 Å². The molecule has 1 amide bonds. The number of aromatic nitrogens is 1. The monoisotopic (exact) mass is 292 g/mol. The quantitative estimate of drug-likeness (QED) is 0.670. The lowest BCUT2D eigenvalue weighted by molar-refractivity contribution is 0.0983. The SMILES string of the molecule is CCN(C(=O)c1ccnc(NN)c1F)c1ccccc1F. The van der Waals surface area contributed by atoms with Gasteiger partial charge in [0.05, 0.1) is 11.3 Å². The number of rotatable bonds is 4. The summed E-state index contributed by atoms with van der Waals surface area (Å²) in [5.41, 5.74) is 1.92. The molecule has 0 bridgehead atoms. The van der Waals surface area contributed by atoms with Crippen LogP contribution < -0.4 is 16.2 Å². The molecule has 2 rings (SSSR count). The number of hydrazine groups is 1. The van der Waals surface area contributed by atoms with Crippen LogP contribution in [0.3, 0.4) is 0 Å². The van der Waals surface area contributed by atoms with Crippen molar-refractivity contribution in [1.29, 1.82) is 0 Å². The van der Waals surface area contributed by atoms with Gasteiger partial charge in [0.25, 0.3) is 5.91 Å². The van der Waals surface area contributed by atoms with Crippen LogP contribution in [0.2, 0.25) is 0 Å². The lowest BCUT2D eigenvalue weighted by Crippen LogP contribution is -2.32. The number of pyridine rings is 1. The van der Waals surface area contributed by atoms with Gasteiger partial charge >= 0.3 is 0 Å². The third kappa shape index (κ3) is 2.82. The largest absolute Gasteiger partial charge is 0.306 e. The van der Waals surface area contributed by atoms with Crippen molar-refractivity contribution in [2.45, 2.75) is 6.92 Å². The summed E-state index contributed by atoms with van der Waals surface area (Å²) in [4.78, 5) is 17.2. The van der Waals surface area contributed by atoms with Crippen LogP contribution in [0.15, 0.2) is 36.5 Å². The first-order chi connectivity index (χ1) is 10.1. The second-order valence-corrected chi connectivity index (χ2v) is 4.17. The molecular weight excluding hydrogens is 278 g/mol. The van der Waals surface area contributed by atoms with E-state index in [-0.39, 0.29) is 23.6 Å². The van der Waals surface area contributed by atoms with Gasteiger partial charge in [0.15, 0.2) is 11.6 Å². The van der Waals surface area contributed by atoms with Crippen molar-refractivity contribution in [3.05, 3.63) is 53.7 Å². The second kappa shape index (κ2) is 6.27. The van der Waals surface area contributed by atoms with E-state index in [4.69, 9.17) is 5.84 Å². The second-order valence-electron chi connectivity index (χ2n) is 4.17. The Hall–Kier alpha value is -2.54. The molecule has 110 valence electrons. The summed E-state index contributed by atoms with van der Waals surface area (Å²) in [6, 6.07) is 7.03. The molecule has 1 aromatic heterocycles. The predicted octanol–water partition coefficient (Wildman–Crippen LogP) is 2.31. The maximum absolute atomic E-state index is 14.1. The molecule has 0 aliphatic rings. The summed E-state index contributed by atoms with van der Waals surface area (Å²) < 4.78 is 27.9. The molecule has 0 spiro atoms. The molecule has 1 heterocycles. The molecule has 0 fully saturated rings. The number of amides is 1. The molecular formula is C14H14F2N4O. The Bertz CT molecular complexity index is 663. The number of nitrogen functional groups attached to an aromatic ring is 1. The highest BCUT2D eigenvalue weighted by molar-refractivity contribution is 6.06. The van der Waals surface area contributed by atoms with Gasteiger partial charge in [0.2, 0.25) is 0 Å². The zero-order chi connectivity index (χ0) is 15.4. The maximum atomic E-state index is 14.1. The summed E-state index contributed by atoms with van der Waals surface area (Å²) in [5, 5.41) is 0. The highest BCUT2D eigenvalue weighted by Crippen LogP contribution is 2.23. The highest BCUT2D eigenvalue weighted by atomic mass is 19.1. The molecule has 0 radical (unpaired) electrons. The van der Waals surface area contributed by atoms with Crippen molar-refractivity contribution in [2.75, 3.05) is 16.9 Å². The number of nitrogens with zero attached hydrogens (tertiary/aromatic N) is 2. The van der Waals surface area contributed by atoms with Gasteiger partial charge in [-0.1, -0.05) is 12.1 Å². The molecule has 7 heteroatoms. The highest BCUT2D eigenvalue weighted by Gasteiger charge is 2.23. The third-order valence-corrected chi connectivity index (χ3v) is 2.96. The van der Waals surface area contributed by atoms with E-state index in [0.717, 1.165) is 4.90 Å². The number of nitrogens with two attached hydrogens (primary N) is 1. The number of para-hydroxylation sites is 1. The Balaban J connectivity index is 2.45. The Morgan fingerprint density at radius 3 is 2.67 bits per heavy atom. The molecule has 2 aromatic rings. The van der Waals surface area contributed by atoms with Crippen LogP contribution in [0.1, 0.15) is 17.3 Å². The third-order valence-electron chi connectivity index (χ3n) is 2.96. The van der Waals surface area contributed by atoms with Crippen LogP contribution in [0.25, 0.3) is 0 Å². The molecule has 0 atom stereocenters. The van der Waals surface area contributed by atoms with E-state index in [1.165, 1.54) is 30.5 Å². The predicted molar refractivity (Wildman–Crippen MR) is 75.8 cm³/mol. The van der Waals surface area contributed by atoms with Crippen molar-refractivity contribution in [3.8, 4) is 0 Å². The van der Waals surface area contributed by atoms with E-state index in [1.807, 2.05) is 0 Å². The first-order valence-corrected chi connectivity index (χ1v) is 6.27.